The molecule has 4 aliphatic rings. The number of carbonyl (C=O) groups is 1. The fraction of sp³-hybridized carbons (Fsp3) is 0.667. The minimum Gasteiger partial charge on any atom is -0.504 e. The van der Waals surface area contributed by atoms with E-state index in [4.69, 9.17) is 23.7 Å². The maximum Gasteiger partial charge on any atom is 0.229 e. The van der Waals surface area contributed by atoms with Gasteiger partial charge in [-0.15, -0.1) is 0 Å². The van der Waals surface area contributed by atoms with Crippen LogP contribution in [0.5, 0.6) is 11.5 Å². The molecule has 6 unspecified atom stereocenters. The van der Waals surface area contributed by atoms with Crippen LogP contribution in [-0.2, 0) is 23.7 Å². The van der Waals surface area contributed by atoms with Crippen LogP contribution in [0.1, 0.15) is 18.4 Å². The molecule has 0 spiro atoms. The van der Waals surface area contributed by atoms with Gasteiger partial charge in [-0.05, 0) is 17.7 Å². The first kappa shape index (κ1) is 32.0. The van der Waals surface area contributed by atoms with E-state index in [1.807, 2.05) is 0 Å². The first-order valence-electron chi connectivity index (χ1n) is 13.8. The number of allylic oxidation sites excluding steroid dienone is 1. The molecule has 1 aliphatic carbocycles. The Kier molecular flexibility index (Phi) is 9.57. The number of carbonyl (C=O) groups excluding carboxylic acids is 1. The molecular weight excluding hydrogens is 580 g/mol. The van der Waals surface area contributed by atoms with E-state index >= 15 is 0 Å². The number of aliphatic hydroxyl groups excluding tert-OH is 9. The standard InChI is InChI=1S/C27H36O16/c28-6-16-20(33)22(35)24(37)26(42-16)40-10-4-13(31)18-15(5-10)39-8-11(19(18)32)9-1-2-12(30)14(3-9)41-27-25(38)23(36)21(34)17(7-29)43-27/h1-3,8,10,13,15-18,20-31,33-38H,4-7H2/t10?,13?,15?,16-,17-,18?,20-,21-,22+,23+,24-,25-,26?,27?/m1/s1. The number of aromatic hydroxyl groups is 1. The third-order valence-corrected chi connectivity index (χ3v) is 8.28. The van der Waals surface area contributed by atoms with Gasteiger partial charge in [-0.25, -0.2) is 0 Å². The summed E-state index contributed by atoms with van der Waals surface area (Å²) in [7, 11) is 0. The highest BCUT2D eigenvalue weighted by Crippen LogP contribution is 2.40. The molecule has 10 N–H and O–H groups in total. The normalized spacial score (nSPS) is 43.4. The molecule has 5 rings (SSSR count). The molecule has 1 aromatic rings. The molecule has 3 aliphatic heterocycles. The maximum atomic E-state index is 13.5. The highest BCUT2D eigenvalue weighted by Gasteiger charge is 2.50. The lowest BCUT2D eigenvalue weighted by molar-refractivity contribution is -0.316. The fourth-order valence-electron chi connectivity index (χ4n) is 5.80. The van der Waals surface area contributed by atoms with E-state index in [1.165, 1.54) is 24.5 Å². The SMILES string of the molecule is O=C1C(c2ccc(O)c(OC3O[C@H](CO)[C@@H](O)[C@H](O)[C@H]3O)c2)=COC2CC(OC3O[C@H](CO)[C@@H](O)[C@H](O)[C@H]3O)CC(O)C12. The summed E-state index contributed by atoms with van der Waals surface area (Å²) in [6, 6.07) is 3.85. The van der Waals surface area contributed by atoms with Crippen LogP contribution in [0.4, 0.5) is 0 Å². The lowest BCUT2D eigenvalue weighted by Crippen LogP contribution is -2.60. The zero-order chi connectivity index (χ0) is 31.2. The quantitative estimate of drug-likeness (QED) is 0.139. The average molecular weight is 617 g/mol. The first-order chi connectivity index (χ1) is 20.4. The number of fused-ring (bicyclic) bond motifs is 1. The summed E-state index contributed by atoms with van der Waals surface area (Å²) in [5.41, 5.74) is 0.250. The van der Waals surface area contributed by atoms with Gasteiger partial charge in [0.25, 0.3) is 0 Å². The van der Waals surface area contributed by atoms with Gasteiger partial charge >= 0.3 is 0 Å². The number of phenolic OH excluding ortho intramolecular Hbond substituents is 1. The van der Waals surface area contributed by atoms with E-state index in [0.29, 0.717) is 0 Å². The molecule has 2 saturated heterocycles. The molecule has 240 valence electrons. The third kappa shape index (κ3) is 6.11. The minimum atomic E-state index is -1.74. The molecule has 3 heterocycles. The van der Waals surface area contributed by atoms with Crippen LogP contribution in [0, 0.1) is 5.92 Å². The lowest BCUT2D eigenvalue weighted by atomic mass is 9.76. The van der Waals surface area contributed by atoms with Crippen LogP contribution in [-0.4, -0.2) is 150 Å². The first-order valence-corrected chi connectivity index (χ1v) is 13.8. The van der Waals surface area contributed by atoms with Crippen LogP contribution >= 0.6 is 0 Å². The summed E-state index contributed by atoms with van der Waals surface area (Å²) in [6.45, 7) is -1.32. The Morgan fingerprint density at radius 3 is 2.02 bits per heavy atom. The second kappa shape index (κ2) is 12.9. The number of ether oxygens (including phenoxy) is 5. The van der Waals surface area contributed by atoms with Gasteiger partial charge in [0.2, 0.25) is 6.29 Å². The third-order valence-electron chi connectivity index (χ3n) is 8.28. The Morgan fingerprint density at radius 1 is 0.791 bits per heavy atom. The second-order valence-corrected chi connectivity index (χ2v) is 11.1. The molecule has 43 heavy (non-hydrogen) atoms. The van der Waals surface area contributed by atoms with Crippen molar-refractivity contribution in [3.05, 3.63) is 30.0 Å². The van der Waals surface area contributed by atoms with Gasteiger partial charge in [0, 0.05) is 12.8 Å². The van der Waals surface area contributed by atoms with Crippen LogP contribution in [0.15, 0.2) is 24.5 Å². The number of hydrogen-bond acceptors (Lipinski definition) is 16. The van der Waals surface area contributed by atoms with Gasteiger partial charge in [0.15, 0.2) is 23.6 Å². The van der Waals surface area contributed by atoms with Crippen LogP contribution in [0.2, 0.25) is 0 Å². The molecule has 1 aromatic carbocycles. The van der Waals surface area contributed by atoms with Crippen molar-refractivity contribution in [2.24, 2.45) is 5.92 Å². The second-order valence-electron chi connectivity index (χ2n) is 11.1. The van der Waals surface area contributed by atoms with Crippen molar-refractivity contribution < 1.29 is 79.5 Å². The van der Waals surface area contributed by atoms with Gasteiger partial charge in [-0.2, -0.15) is 0 Å². The molecule has 16 nitrogen and oxygen atoms in total. The molecule has 16 heteroatoms. The van der Waals surface area contributed by atoms with Gasteiger partial charge in [-0.1, -0.05) is 6.07 Å². The van der Waals surface area contributed by atoms with E-state index in [9.17, 15) is 55.9 Å². The minimum absolute atomic E-state index is 0.0345. The fourth-order valence-corrected chi connectivity index (χ4v) is 5.80. The molecule has 0 amide bonds. The zero-order valence-corrected chi connectivity index (χ0v) is 22.6. The zero-order valence-electron chi connectivity index (χ0n) is 22.6. The van der Waals surface area contributed by atoms with E-state index in [-0.39, 0.29) is 29.7 Å². The average Bonchev–Trinajstić information content (AvgIpc) is 2.98. The number of phenols is 1. The van der Waals surface area contributed by atoms with E-state index < -0.39 is 110 Å². The topological polar surface area (TPSA) is 266 Å². The van der Waals surface area contributed by atoms with Crippen LogP contribution < -0.4 is 4.74 Å². The van der Waals surface area contributed by atoms with Crippen LogP contribution in [0.3, 0.4) is 0 Å². The number of rotatable bonds is 7. The summed E-state index contributed by atoms with van der Waals surface area (Å²) in [6.07, 6.45) is -17.0. The van der Waals surface area contributed by atoms with Gasteiger partial charge < -0.3 is 74.7 Å². The summed E-state index contributed by atoms with van der Waals surface area (Å²) in [5, 5.41) is 101. The highest BCUT2D eigenvalue weighted by atomic mass is 16.7. The monoisotopic (exact) mass is 616 g/mol. The molecular formula is C27H36O16. The summed E-state index contributed by atoms with van der Waals surface area (Å²) < 4.78 is 27.8. The highest BCUT2D eigenvalue weighted by molar-refractivity contribution is 6.22. The Morgan fingerprint density at radius 2 is 1.40 bits per heavy atom. The van der Waals surface area contributed by atoms with E-state index in [2.05, 4.69) is 0 Å². The summed E-state index contributed by atoms with van der Waals surface area (Å²) in [4.78, 5) is 13.5. The van der Waals surface area contributed by atoms with E-state index in [1.54, 1.807) is 0 Å². The predicted octanol–water partition coefficient (Wildman–Crippen LogP) is -4.16. The summed E-state index contributed by atoms with van der Waals surface area (Å²) >= 11 is 0. The van der Waals surface area contributed by atoms with Crippen molar-refractivity contribution in [1.29, 1.82) is 0 Å². The molecule has 14 atom stereocenters. The lowest BCUT2D eigenvalue weighted by Gasteiger charge is -2.44. The Balaban J connectivity index is 1.29. The summed E-state index contributed by atoms with van der Waals surface area (Å²) in [5.74, 6) is -2.16. The molecule has 3 fully saturated rings. The Labute approximate surface area is 244 Å². The van der Waals surface area contributed by atoms with Crippen LogP contribution in [0.25, 0.3) is 5.57 Å². The largest absolute Gasteiger partial charge is 0.504 e. The predicted molar refractivity (Wildman–Crippen MR) is 138 cm³/mol. The molecule has 0 radical (unpaired) electrons. The van der Waals surface area contributed by atoms with Crippen molar-refractivity contribution in [2.75, 3.05) is 13.2 Å². The van der Waals surface area contributed by atoms with Gasteiger partial charge in [0.1, 0.15) is 54.9 Å². The van der Waals surface area contributed by atoms with E-state index in [0.717, 1.165) is 0 Å². The van der Waals surface area contributed by atoms with Crippen molar-refractivity contribution in [2.45, 2.75) is 92.6 Å². The number of hydrogen-bond donors (Lipinski definition) is 10. The molecule has 0 bridgehead atoms. The number of benzene rings is 1. The number of Topliss-reactive ketones (excluding diaryl/α,β-unsaturated/α-hetero) is 1. The smallest absolute Gasteiger partial charge is 0.229 e. The van der Waals surface area contributed by atoms with Gasteiger partial charge in [0.05, 0.1) is 43.2 Å². The van der Waals surface area contributed by atoms with Crippen molar-refractivity contribution in [3.63, 3.8) is 0 Å². The van der Waals surface area contributed by atoms with Crippen molar-refractivity contribution >= 4 is 11.4 Å². The van der Waals surface area contributed by atoms with Crippen molar-refractivity contribution in [1.82, 2.24) is 0 Å². The molecule has 0 aromatic heterocycles. The van der Waals surface area contributed by atoms with Gasteiger partial charge in [-0.3, -0.25) is 4.79 Å². The Hall–Kier alpha value is -2.45. The number of aliphatic hydroxyl groups is 9. The maximum absolute atomic E-state index is 13.5. The Bertz CT molecular complexity index is 1170. The number of ketones is 1. The molecule has 1 saturated carbocycles. The van der Waals surface area contributed by atoms with Crippen molar-refractivity contribution in [3.8, 4) is 11.5 Å².